The molecule has 40 heavy (non-hydrogen) atoms. The molecule has 2 aliphatic rings. The van der Waals surface area contributed by atoms with E-state index in [0.717, 1.165) is 46.2 Å². The summed E-state index contributed by atoms with van der Waals surface area (Å²) in [4.78, 5) is 12.7. The third-order valence-corrected chi connectivity index (χ3v) is 9.57. The molecular formula is C27H30ClF3N4O3S2. The SMILES string of the molecule is Cl.NC(=S)c1cccc(-c2cn(C3CCN(S(=O)(=O)C(F)(F)F)CC3)c3cc(CCC(=O)C4CNC4)ccc23)c1. The number of carbonyl (C=O) groups excluding carboxylic acids is 1. The Hall–Kier alpha value is -2.51. The van der Waals surface area contributed by atoms with E-state index in [1.54, 1.807) is 0 Å². The van der Waals surface area contributed by atoms with Crippen molar-refractivity contribution in [3.63, 3.8) is 0 Å². The van der Waals surface area contributed by atoms with Crippen molar-refractivity contribution in [1.29, 1.82) is 0 Å². The molecule has 5 rings (SSSR count). The molecule has 3 aromatic rings. The van der Waals surface area contributed by atoms with Crippen molar-refractivity contribution < 1.29 is 26.4 Å². The lowest BCUT2D eigenvalue weighted by Crippen LogP contribution is -2.46. The van der Waals surface area contributed by atoms with Crippen molar-refractivity contribution in [2.24, 2.45) is 11.7 Å². The maximum Gasteiger partial charge on any atom is 0.511 e. The highest BCUT2D eigenvalue weighted by Crippen LogP contribution is 2.38. The Kier molecular flexibility index (Phi) is 8.96. The largest absolute Gasteiger partial charge is 0.511 e. The molecule has 0 bridgehead atoms. The first kappa shape index (κ1) is 30.4. The molecule has 0 saturated carbocycles. The Morgan fingerprint density at radius 1 is 1.10 bits per heavy atom. The Balaban J connectivity index is 0.00000370. The second kappa shape index (κ2) is 11.8. The van der Waals surface area contributed by atoms with Crippen LogP contribution in [-0.2, 0) is 21.2 Å². The van der Waals surface area contributed by atoms with Crippen molar-refractivity contribution in [1.82, 2.24) is 14.2 Å². The third kappa shape index (κ3) is 5.91. The van der Waals surface area contributed by atoms with Gasteiger partial charge in [-0.15, -0.1) is 12.4 Å². The Labute approximate surface area is 242 Å². The number of carbonyl (C=O) groups is 1. The number of sulfonamides is 1. The van der Waals surface area contributed by atoms with Crippen LogP contribution in [-0.4, -0.2) is 59.7 Å². The minimum atomic E-state index is -5.36. The average molecular weight is 615 g/mol. The van der Waals surface area contributed by atoms with E-state index in [4.69, 9.17) is 18.0 Å². The van der Waals surface area contributed by atoms with Crippen LogP contribution >= 0.6 is 24.6 Å². The molecular weight excluding hydrogens is 585 g/mol. The highest BCUT2D eigenvalue weighted by atomic mass is 35.5. The second-order valence-corrected chi connectivity index (χ2v) is 12.5. The van der Waals surface area contributed by atoms with Gasteiger partial charge in [0.05, 0.1) is 0 Å². The molecule has 3 N–H and O–H groups in total. The van der Waals surface area contributed by atoms with E-state index < -0.39 is 15.5 Å². The molecule has 0 spiro atoms. The van der Waals surface area contributed by atoms with Gasteiger partial charge in [-0.2, -0.15) is 17.5 Å². The van der Waals surface area contributed by atoms with Crippen LogP contribution in [0.4, 0.5) is 13.2 Å². The zero-order valence-corrected chi connectivity index (χ0v) is 23.9. The molecule has 0 radical (unpaired) electrons. The van der Waals surface area contributed by atoms with E-state index in [9.17, 15) is 26.4 Å². The monoisotopic (exact) mass is 614 g/mol. The summed E-state index contributed by atoms with van der Waals surface area (Å²) in [6, 6.07) is 13.4. The first-order valence-corrected chi connectivity index (χ1v) is 14.6. The van der Waals surface area contributed by atoms with Crippen molar-refractivity contribution in [3.05, 3.63) is 59.8 Å². The van der Waals surface area contributed by atoms with Gasteiger partial charge < -0.3 is 15.6 Å². The number of nitrogens with zero attached hydrogens (tertiary/aromatic N) is 2. The molecule has 0 unspecified atom stereocenters. The van der Waals surface area contributed by atoms with Crippen molar-refractivity contribution >= 4 is 56.3 Å². The predicted octanol–water partition coefficient (Wildman–Crippen LogP) is 4.57. The fourth-order valence-electron chi connectivity index (χ4n) is 5.32. The lowest BCUT2D eigenvalue weighted by molar-refractivity contribution is -0.124. The van der Waals surface area contributed by atoms with Crippen LogP contribution in [0.25, 0.3) is 22.0 Å². The van der Waals surface area contributed by atoms with Crippen molar-refractivity contribution in [3.8, 4) is 11.1 Å². The Morgan fingerprint density at radius 2 is 1.80 bits per heavy atom. The summed E-state index contributed by atoms with van der Waals surface area (Å²) >= 11 is 5.15. The number of fused-ring (bicyclic) bond motifs is 1. The molecule has 0 aliphatic carbocycles. The number of halogens is 4. The van der Waals surface area contributed by atoms with Crippen molar-refractivity contribution in [2.75, 3.05) is 26.2 Å². The lowest BCUT2D eigenvalue weighted by atomic mass is 9.93. The van der Waals surface area contributed by atoms with Crippen LogP contribution in [0.2, 0.25) is 0 Å². The van der Waals surface area contributed by atoms with Gasteiger partial charge in [-0.05, 0) is 42.5 Å². The Morgan fingerprint density at radius 3 is 2.40 bits per heavy atom. The number of thiocarbonyl (C=S) groups is 1. The van der Waals surface area contributed by atoms with E-state index in [0.29, 0.717) is 17.1 Å². The minimum Gasteiger partial charge on any atom is -0.389 e. The summed E-state index contributed by atoms with van der Waals surface area (Å²) in [7, 11) is -5.36. The van der Waals surface area contributed by atoms with E-state index in [1.165, 1.54) is 0 Å². The number of aromatic nitrogens is 1. The zero-order chi connectivity index (χ0) is 27.9. The van der Waals surface area contributed by atoms with Crippen LogP contribution in [0.3, 0.4) is 0 Å². The van der Waals surface area contributed by atoms with Gasteiger partial charge in [0.1, 0.15) is 10.8 Å². The maximum absolute atomic E-state index is 13.1. The molecule has 0 amide bonds. The van der Waals surface area contributed by atoms with Crippen LogP contribution in [0.5, 0.6) is 0 Å². The topological polar surface area (TPSA) is 97.4 Å². The second-order valence-electron chi connectivity index (χ2n) is 10.1. The van der Waals surface area contributed by atoms with Crippen LogP contribution in [0.1, 0.15) is 36.4 Å². The number of aryl methyl sites for hydroxylation is 1. The van der Waals surface area contributed by atoms with Gasteiger partial charge in [0.25, 0.3) is 0 Å². The smallest absolute Gasteiger partial charge is 0.389 e. The van der Waals surface area contributed by atoms with Gasteiger partial charge in [-0.3, -0.25) is 4.79 Å². The summed E-state index contributed by atoms with van der Waals surface area (Å²) in [5.41, 5.74) is 4.93. The summed E-state index contributed by atoms with van der Waals surface area (Å²) in [5, 5.41) is 4.06. The quantitative estimate of drug-likeness (QED) is 0.361. The van der Waals surface area contributed by atoms with Gasteiger partial charge in [-0.25, -0.2) is 8.42 Å². The number of benzene rings is 2. The number of rotatable bonds is 8. The molecule has 216 valence electrons. The van der Waals surface area contributed by atoms with Crippen LogP contribution in [0, 0.1) is 5.92 Å². The number of Topliss-reactive ketones (excluding diaryl/α,β-unsaturated/α-hetero) is 1. The van der Waals surface area contributed by atoms with E-state index >= 15 is 0 Å². The minimum absolute atomic E-state index is 0. The van der Waals surface area contributed by atoms with E-state index in [-0.39, 0.29) is 61.1 Å². The van der Waals surface area contributed by atoms with Crippen LogP contribution in [0.15, 0.2) is 48.7 Å². The summed E-state index contributed by atoms with van der Waals surface area (Å²) < 4.78 is 65.7. The first-order chi connectivity index (χ1) is 18.5. The van der Waals surface area contributed by atoms with Crippen molar-refractivity contribution in [2.45, 2.75) is 37.2 Å². The number of hydrogen-bond acceptors (Lipinski definition) is 5. The number of piperidine rings is 1. The fraction of sp³-hybridized carbons (Fsp3) is 0.407. The van der Waals surface area contributed by atoms with Gasteiger partial charge >= 0.3 is 15.5 Å². The molecule has 2 aliphatic heterocycles. The molecule has 3 heterocycles. The summed E-state index contributed by atoms with van der Waals surface area (Å²) in [6.07, 6.45) is 3.47. The number of ketones is 1. The lowest BCUT2D eigenvalue weighted by Gasteiger charge is -2.32. The van der Waals surface area contributed by atoms with Gasteiger partial charge in [-0.1, -0.05) is 42.5 Å². The van der Waals surface area contributed by atoms with E-state index in [1.807, 2.05) is 53.2 Å². The normalized spacial score (nSPS) is 17.4. The fourth-order valence-corrected chi connectivity index (χ4v) is 6.43. The van der Waals surface area contributed by atoms with Gasteiger partial charge in [0.15, 0.2) is 0 Å². The Bertz CT molecular complexity index is 1530. The highest BCUT2D eigenvalue weighted by molar-refractivity contribution is 7.90. The van der Waals surface area contributed by atoms with Gasteiger partial charge in [0.2, 0.25) is 0 Å². The molecule has 0 atom stereocenters. The third-order valence-electron chi connectivity index (χ3n) is 7.70. The van der Waals surface area contributed by atoms with Gasteiger partial charge in [0, 0.05) is 72.8 Å². The standard InChI is InChI=1S/C27H29F3N4O3S2.ClH/c28-27(29,30)39(36,37)33-10-8-21(9-11-33)34-16-23(18-2-1-3-19(13-18)26(31)38)22-6-4-17(12-24(22)34)5-7-25(35)20-14-32-15-20;/h1-4,6,12-13,16,20-21,32H,5,7-11,14-15H2,(H2,31,38);1H. The number of nitrogens with two attached hydrogens (primary N) is 1. The zero-order valence-electron chi connectivity index (χ0n) is 21.5. The number of alkyl halides is 3. The predicted molar refractivity (Wildman–Crippen MR) is 155 cm³/mol. The molecule has 13 heteroatoms. The molecule has 7 nitrogen and oxygen atoms in total. The molecule has 2 fully saturated rings. The number of hydrogen-bond donors (Lipinski definition) is 2. The molecule has 2 saturated heterocycles. The first-order valence-electron chi connectivity index (χ1n) is 12.8. The summed E-state index contributed by atoms with van der Waals surface area (Å²) in [6.45, 7) is 1.00. The highest BCUT2D eigenvalue weighted by Gasteiger charge is 2.50. The average Bonchev–Trinajstić information content (AvgIpc) is 3.25. The van der Waals surface area contributed by atoms with Crippen LogP contribution < -0.4 is 11.1 Å². The number of nitrogens with one attached hydrogen (secondary N) is 1. The van der Waals surface area contributed by atoms with E-state index in [2.05, 4.69) is 5.32 Å². The molecule has 2 aromatic carbocycles. The summed E-state index contributed by atoms with van der Waals surface area (Å²) in [5.74, 6) is 0.306. The molecule has 1 aromatic heterocycles. The maximum atomic E-state index is 13.1.